The molecule has 0 amide bonds. The van der Waals surface area contributed by atoms with E-state index in [9.17, 15) is 5.26 Å². The fourth-order valence-electron chi connectivity index (χ4n) is 2.11. The maximum absolute atomic E-state index is 9.26. The van der Waals surface area contributed by atoms with Crippen molar-refractivity contribution in [1.82, 2.24) is 4.98 Å². The predicted molar refractivity (Wildman–Crippen MR) is 79.0 cm³/mol. The van der Waals surface area contributed by atoms with Crippen LogP contribution >= 0.6 is 0 Å². The average molecular weight is 253 g/mol. The molecule has 19 heavy (non-hydrogen) atoms. The Balaban J connectivity index is 2.48. The molecule has 0 bridgehead atoms. The Bertz CT molecular complexity index is 613. The lowest BCUT2D eigenvalue weighted by Crippen LogP contribution is -2.23. The van der Waals surface area contributed by atoms with Gasteiger partial charge in [-0.1, -0.05) is 38.5 Å². The number of pyridine rings is 1. The van der Waals surface area contributed by atoms with Gasteiger partial charge in [-0.2, -0.15) is 5.26 Å². The molecule has 2 rings (SSSR count). The smallest absolute Gasteiger partial charge is 0.103 e. The Kier molecular flexibility index (Phi) is 4.01. The minimum Gasteiger partial charge on any atom is -0.381 e. The van der Waals surface area contributed by atoms with Crippen LogP contribution < -0.4 is 5.32 Å². The first-order chi connectivity index (χ1) is 9.17. The van der Waals surface area contributed by atoms with E-state index in [4.69, 9.17) is 0 Å². The van der Waals surface area contributed by atoms with Gasteiger partial charge in [0.25, 0.3) is 0 Å². The molecule has 3 heteroatoms. The number of hydrogen-bond acceptors (Lipinski definition) is 3. The van der Waals surface area contributed by atoms with Crippen LogP contribution in [0, 0.1) is 17.2 Å². The Labute approximate surface area is 114 Å². The molecule has 1 N–H and O–H groups in total. The Morgan fingerprint density at radius 3 is 2.74 bits per heavy atom. The van der Waals surface area contributed by atoms with Crippen molar-refractivity contribution in [3.05, 3.63) is 36.0 Å². The van der Waals surface area contributed by atoms with Gasteiger partial charge in [-0.3, -0.25) is 4.98 Å². The molecule has 1 aromatic heterocycles. The van der Waals surface area contributed by atoms with Gasteiger partial charge in [0.1, 0.15) is 6.07 Å². The van der Waals surface area contributed by atoms with Gasteiger partial charge in [-0.05, 0) is 18.9 Å². The van der Waals surface area contributed by atoms with Gasteiger partial charge in [0.2, 0.25) is 0 Å². The van der Waals surface area contributed by atoms with Gasteiger partial charge in [-0.25, -0.2) is 0 Å². The molecule has 0 spiro atoms. The summed E-state index contributed by atoms with van der Waals surface area (Å²) in [5.74, 6) is 0.554. The van der Waals surface area contributed by atoms with Crippen LogP contribution in [0.4, 0.5) is 5.69 Å². The maximum atomic E-state index is 9.26. The number of fused-ring (bicyclic) bond motifs is 1. The predicted octanol–water partition coefficient (Wildman–Crippen LogP) is 3.95. The van der Waals surface area contributed by atoms with E-state index in [2.05, 4.69) is 37.1 Å². The highest BCUT2D eigenvalue weighted by Crippen LogP contribution is 2.27. The highest BCUT2D eigenvalue weighted by molar-refractivity contribution is 5.93. The zero-order valence-corrected chi connectivity index (χ0v) is 11.6. The van der Waals surface area contributed by atoms with Crippen molar-refractivity contribution in [2.45, 2.75) is 33.2 Å². The quantitative estimate of drug-likeness (QED) is 0.897. The fourth-order valence-corrected chi connectivity index (χ4v) is 2.11. The Morgan fingerprint density at radius 1 is 1.32 bits per heavy atom. The molecule has 0 radical (unpaired) electrons. The van der Waals surface area contributed by atoms with Crippen LogP contribution in [0.25, 0.3) is 10.9 Å². The molecule has 0 saturated heterocycles. The van der Waals surface area contributed by atoms with Gasteiger partial charge in [0.05, 0.1) is 16.8 Å². The number of hydrogen-bond donors (Lipinski definition) is 1. The largest absolute Gasteiger partial charge is 0.381 e. The van der Waals surface area contributed by atoms with Gasteiger partial charge in [0, 0.05) is 17.6 Å². The monoisotopic (exact) mass is 253 g/mol. The average Bonchev–Trinajstić information content (AvgIpc) is 2.46. The van der Waals surface area contributed by atoms with Gasteiger partial charge in [-0.15, -0.1) is 0 Å². The van der Waals surface area contributed by atoms with Crippen LogP contribution in [0.1, 0.15) is 32.8 Å². The second-order valence-electron chi connectivity index (χ2n) is 4.99. The topological polar surface area (TPSA) is 48.7 Å². The van der Waals surface area contributed by atoms with Crippen molar-refractivity contribution in [2.24, 2.45) is 5.92 Å². The Hall–Kier alpha value is -2.08. The maximum Gasteiger partial charge on any atom is 0.103 e. The number of nitriles is 1. The number of nitrogens with one attached hydrogen (secondary N) is 1. The highest BCUT2D eigenvalue weighted by Gasteiger charge is 2.14. The number of aromatic nitrogens is 1. The molecule has 98 valence electrons. The fraction of sp³-hybridized carbons (Fsp3) is 0.375. The van der Waals surface area contributed by atoms with E-state index in [1.165, 1.54) is 0 Å². The number of para-hydroxylation sites is 1. The molecule has 0 fully saturated rings. The van der Waals surface area contributed by atoms with Crippen LogP contribution in [-0.4, -0.2) is 11.0 Å². The first-order valence-corrected chi connectivity index (χ1v) is 6.71. The summed E-state index contributed by atoms with van der Waals surface area (Å²) in [6.07, 6.45) is 2.76. The summed E-state index contributed by atoms with van der Waals surface area (Å²) in [5, 5.41) is 13.8. The molecule has 1 aromatic carbocycles. The molecule has 1 heterocycles. The molecule has 0 saturated carbocycles. The lowest BCUT2D eigenvalue weighted by molar-refractivity contribution is 0.495. The van der Waals surface area contributed by atoms with Crippen molar-refractivity contribution in [2.75, 3.05) is 5.32 Å². The van der Waals surface area contributed by atoms with Crippen molar-refractivity contribution >= 4 is 16.6 Å². The van der Waals surface area contributed by atoms with Crippen molar-refractivity contribution in [3.8, 4) is 6.07 Å². The minimum absolute atomic E-state index is 0.322. The first-order valence-electron chi connectivity index (χ1n) is 6.71. The second kappa shape index (κ2) is 5.71. The van der Waals surface area contributed by atoms with Gasteiger partial charge in [0.15, 0.2) is 0 Å². The van der Waals surface area contributed by atoms with Gasteiger partial charge >= 0.3 is 0 Å². The molecule has 0 aliphatic rings. The molecule has 0 aliphatic carbocycles. The normalized spacial score (nSPS) is 13.8. The van der Waals surface area contributed by atoms with Crippen LogP contribution in [0.3, 0.4) is 0 Å². The SMILES string of the molecule is CCC(C)C(C)Nc1c(C#N)cnc2ccccc12. The summed E-state index contributed by atoms with van der Waals surface area (Å²) in [6.45, 7) is 6.55. The third-order valence-corrected chi connectivity index (χ3v) is 3.77. The number of rotatable bonds is 4. The zero-order valence-electron chi connectivity index (χ0n) is 11.6. The van der Waals surface area contributed by atoms with Crippen molar-refractivity contribution in [1.29, 1.82) is 5.26 Å². The third-order valence-electron chi connectivity index (χ3n) is 3.77. The summed E-state index contributed by atoms with van der Waals surface area (Å²) in [6, 6.07) is 10.5. The first kappa shape index (κ1) is 13.4. The number of nitrogens with zero attached hydrogens (tertiary/aromatic N) is 2. The van der Waals surface area contributed by atoms with Gasteiger partial charge < -0.3 is 5.32 Å². The van der Waals surface area contributed by atoms with Crippen LogP contribution in [0.2, 0.25) is 0 Å². The Morgan fingerprint density at radius 2 is 2.05 bits per heavy atom. The highest BCUT2D eigenvalue weighted by atomic mass is 14.9. The molecular weight excluding hydrogens is 234 g/mol. The summed E-state index contributed by atoms with van der Waals surface area (Å²) < 4.78 is 0. The molecular formula is C16H19N3. The van der Waals surface area contributed by atoms with Crippen LogP contribution in [-0.2, 0) is 0 Å². The lowest BCUT2D eigenvalue weighted by Gasteiger charge is -2.22. The zero-order chi connectivity index (χ0) is 13.8. The van der Waals surface area contributed by atoms with Crippen LogP contribution in [0.15, 0.2) is 30.5 Å². The van der Waals surface area contributed by atoms with E-state index in [1.807, 2.05) is 24.3 Å². The molecule has 2 unspecified atom stereocenters. The van der Waals surface area contributed by atoms with Crippen molar-refractivity contribution < 1.29 is 0 Å². The standard InChI is InChI=1S/C16H19N3/c1-4-11(2)12(3)19-16-13(9-17)10-18-15-8-6-5-7-14(15)16/h5-8,10-12H,4H2,1-3H3,(H,18,19). The molecule has 0 aliphatic heterocycles. The second-order valence-corrected chi connectivity index (χ2v) is 4.99. The van der Waals surface area contributed by atoms with Crippen LogP contribution in [0.5, 0.6) is 0 Å². The number of benzene rings is 1. The molecule has 2 atom stereocenters. The third kappa shape index (κ3) is 2.68. The lowest BCUT2D eigenvalue weighted by atomic mass is 9.99. The van der Waals surface area contributed by atoms with E-state index in [1.54, 1.807) is 6.20 Å². The molecule has 3 nitrogen and oxygen atoms in total. The van der Waals surface area contributed by atoms with E-state index in [0.717, 1.165) is 23.0 Å². The summed E-state index contributed by atoms with van der Waals surface area (Å²) in [7, 11) is 0. The summed E-state index contributed by atoms with van der Waals surface area (Å²) in [4.78, 5) is 4.32. The summed E-state index contributed by atoms with van der Waals surface area (Å²) >= 11 is 0. The van der Waals surface area contributed by atoms with Crippen molar-refractivity contribution in [3.63, 3.8) is 0 Å². The number of anilines is 1. The van der Waals surface area contributed by atoms with E-state index in [0.29, 0.717) is 17.5 Å². The summed E-state index contributed by atoms with van der Waals surface area (Å²) in [5.41, 5.74) is 2.43. The van der Waals surface area contributed by atoms with E-state index < -0.39 is 0 Å². The van der Waals surface area contributed by atoms with E-state index in [-0.39, 0.29) is 0 Å². The molecule has 2 aromatic rings. The minimum atomic E-state index is 0.322. The van der Waals surface area contributed by atoms with E-state index >= 15 is 0 Å².